The summed E-state index contributed by atoms with van der Waals surface area (Å²) in [5.41, 5.74) is 2.25. The van der Waals surface area contributed by atoms with Gasteiger partial charge < -0.3 is 14.6 Å². The molecule has 0 spiro atoms. The Labute approximate surface area is 119 Å². The van der Waals surface area contributed by atoms with Gasteiger partial charge in [0.2, 0.25) is 0 Å². The topological polar surface area (TPSA) is 49.6 Å². The van der Waals surface area contributed by atoms with Crippen molar-refractivity contribution in [1.29, 1.82) is 0 Å². The maximum Gasteiger partial charge on any atom is 0.272 e. The van der Waals surface area contributed by atoms with Crippen molar-refractivity contribution in [2.24, 2.45) is 0 Å². The predicted molar refractivity (Wildman–Crippen MR) is 79.8 cm³/mol. The molecule has 0 aliphatic rings. The fourth-order valence-corrected chi connectivity index (χ4v) is 2.07. The first kappa shape index (κ1) is 14.5. The average Bonchev–Trinajstić information content (AvgIpc) is 2.77. The molecular weight excluding hydrogens is 252 g/mol. The molecule has 0 aromatic carbocycles. The van der Waals surface area contributed by atoms with E-state index in [1.807, 2.05) is 54.7 Å². The number of hydrogen-bond acceptors (Lipinski definition) is 3. The monoisotopic (exact) mass is 274 g/mol. The number of aromatic nitrogens is 2. The second-order valence-electron chi connectivity index (χ2n) is 5.36. The molecule has 0 aliphatic carbocycles. The lowest BCUT2D eigenvalue weighted by molar-refractivity contribution is 0.0933. The third kappa shape index (κ3) is 2.99. The molecule has 0 saturated heterocycles. The standard InChI is InChI=1S/C15H22N4O/c1-5-11(2)16-15(20)14-12(10-18(3)4)19-9-7-6-8-13(19)17-14/h6-9,11H,5,10H2,1-4H3,(H,16,20). The molecule has 0 bridgehead atoms. The zero-order valence-electron chi connectivity index (χ0n) is 12.6. The van der Waals surface area contributed by atoms with Crippen LogP contribution in [0.2, 0.25) is 0 Å². The van der Waals surface area contributed by atoms with Gasteiger partial charge in [0.1, 0.15) is 5.65 Å². The van der Waals surface area contributed by atoms with Crippen LogP contribution in [0.25, 0.3) is 5.65 Å². The average molecular weight is 274 g/mol. The molecule has 1 amide bonds. The minimum atomic E-state index is -0.0973. The van der Waals surface area contributed by atoms with Gasteiger partial charge in [-0.3, -0.25) is 4.79 Å². The van der Waals surface area contributed by atoms with E-state index in [0.717, 1.165) is 17.8 Å². The molecule has 5 nitrogen and oxygen atoms in total. The van der Waals surface area contributed by atoms with Crippen molar-refractivity contribution >= 4 is 11.6 Å². The van der Waals surface area contributed by atoms with E-state index in [1.54, 1.807) is 0 Å². The van der Waals surface area contributed by atoms with Gasteiger partial charge in [0.25, 0.3) is 5.91 Å². The van der Waals surface area contributed by atoms with Gasteiger partial charge in [0.15, 0.2) is 5.69 Å². The van der Waals surface area contributed by atoms with Crippen molar-refractivity contribution in [2.75, 3.05) is 14.1 Å². The molecule has 0 aliphatic heterocycles. The van der Waals surface area contributed by atoms with Gasteiger partial charge in [0, 0.05) is 18.8 Å². The van der Waals surface area contributed by atoms with Crippen molar-refractivity contribution in [3.63, 3.8) is 0 Å². The Morgan fingerprint density at radius 3 is 2.85 bits per heavy atom. The normalized spacial score (nSPS) is 12.8. The van der Waals surface area contributed by atoms with Crippen molar-refractivity contribution in [3.8, 4) is 0 Å². The van der Waals surface area contributed by atoms with Crippen molar-refractivity contribution < 1.29 is 4.79 Å². The third-order valence-electron chi connectivity index (χ3n) is 3.30. The lowest BCUT2D eigenvalue weighted by Crippen LogP contribution is -2.33. The molecule has 2 aromatic heterocycles. The zero-order chi connectivity index (χ0) is 14.7. The quantitative estimate of drug-likeness (QED) is 0.906. The van der Waals surface area contributed by atoms with Crippen LogP contribution in [0.15, 0.2) is 24.4 Å². The molecule has 1 N–H and O–H groups in total. The minimum absolute atomic E-state index is 0.0973. The first-order chi connectivity index (χ1) is 9.52. The number of pyridine rings is 1. The first-order valence-electron chi connectivity index (χ1n) is 6.94. The lowest BCUT2D eigenvalue weighted by Gasteiger charge is -2.13. The molecule has 0 saturated carbocycles. The molecule has 20 heavy (non-hydrogen) atoms. The molecule has 0 fully saturated rings. The highest BCUT2D eigenvalue weighted by atomic mass is 16.2. The van der Waals surface area contributed by atoms with E-state index < -0.39 is 0 Å². The van der Waals surface area contributed by atoms with E-state index in [9.17, 15) is 4.79 Å². The van der Waals surface area contributed by atoms with Crippen LogP contribution in [0.5, 0.6) is 0 Å². The van der Waals surface area contributed by atoms with Gasteiger partial charge in [0.05, 0.1) is 5.69 Å². The van der Waals surface area contributed by atoms with Gasteiger partial charge in [-0.25, -0.2) is 4.98 Å². The molecule has 2 aromatic rings. The second kappa shape index (κ2) is 6.05. The van der Waals surface area contributed by atoms with Crippen LogP contribution < -0.4 is 5.32 Å². The summed E-state index contributed by atoms with van der Waals surface area (Å²) in [6.45, 7) is 4.73. The lowest BCUT2D eigenvalue weighted by atomic mass is 10.2. The van der Waals surface area contributed by atoms with Gasteiger partial charge in [-0.05, 0) is 39.6 Å². The molecule has 1 unspecified atom stereocenters. The van der Waals surface area contributed by atoms with Crippen molar-refractivity contribution in [2.45, 2.75) is 32.9 Å². The number of fused-ring (bicyclic) bond motifs is 1. The number of imidazole rings is 1. The number of nitrogens with zero attached hydrogens (tertiary/aromatic N) is 3. The number of carbonyl (C=O) groups is 1. The van der Waals surface area contributed by atoms with Gasteiger partial charge in [-0.1, -0.05) is 13.0 Å². The smallest absolute Gasteiger partial charge is 0.272 e. The summed E-state index contributed by atoms with van der Waals surface area (Å²) >= 11 is 0. The summed E-state index contributed by atoms with van der Waals surface area (Å²) in [7, 11) is 3.97. The Morgan fingerprint density at radius 1 is 1.45 bits per heavy atom. The van der Waals surface area contributed by atoms with Crippen molar-refractivity contribution in [1.82, 2.24) is 19.6 Å². The van der Waals surface area contributed by atoms with Crippen LogP contribution in [-0.4, -0.2) is 40.3 Å². The second-order valence-corrected chi connectivity index (χ2v) is 5.36. The van der Waals surface area contributed by atoms with E-state index in [1.165, 1.54) is 0 Å². The fourth-order valence-electron chi connectivity index (χ4n) is 2.07. The maximum atomic E-state index is 12.4. The Morgan fingerprint density at radius 2 is 2.20 bits per heavy atom. The Bertz CT molecular complexity index is 603. The Balaban J connectivity index is 2.43. The molecule has 2 rings (SSSR count). The summed E-state index contributed by atoms with van der Waals surface area (Å²) < 4.78 is 1.98. The summed E-state index contributed by atoms with van der Waals surface area (Å²) in [5, 5.41) is 2.99. The van der Waals surface area contributed by atoms with Crippen LogP contribution in [0.4, 0.5) is 0 Å². The minimum Gasteiger partial charge on any atom is -0.348 e. The van der Waals surface area contributed by atoms with E-state index in [4.69, 9.17) is 0 Å². The number of nitrogens with one attached hydrogen (secondary N) is 1. The SMILES string of the molecule is CCC(C)NC(=O)c1nc2ccccn2c1CN(C)C. The number of hydrogen-bond donors (Lipinski definition) is 1. The number of amides is 1. The number of carbonyl (C=O) groups excluding carboxylic acids is 1. The van der Waals surface area contributed by atoms with Gasteiger partial charge in [-0.2, -0.15) is 0 Å². The van der Waals surface area contributed by atoms with Crippen LogP contribution >= 0.6 is 0 Å². The summed E-state index contributed by atoms with van der Waals surface area (Å²) in [6.07, 6.45) is 2.85. The molecular formula is C15H22N4O. The Kier molecular flexibility index (Phi) is 4.39. The molecule has 108 valence electrons. The first-order valence-corrected chi connectivity index (χ1v) is 6.94. The highest BCUT2D eigenvalue weighted by molar-refractivity contribution is 5.94. The van der Waals surface area contributed by atoms with Gasteiger partial charge in [-0.15, -0.1) is 0 Å². The van der Waals surface area contributed by atoms with Crippen LogP contribution in [-0.2, 0) is 6.54 Å². The van der Waals surface area contributed by atoms with E-state index in [-0.39, 0.29) is 11.9 Å². The molecule has 0 radical (unpaired) electrons. The van der Waals surface area contributed by atoms with E-state index >= 15 is 0 Å². The zero-order valence-corrected chi connectivity index (χ0v) is 12.6. The molecule has 2 heterocycles. The van der Waals surface area contributed by atoms with Crippen LogP contribution in [0.1, 0.15) is 36.5 Å². The molecule has 5 heteroatoms. The third-order valence-corrected chi connectivity index (χ3v) is 3.30. The van der Waals surface area contributed by atoms with E-state index in [0.29, 0.717) is 12.2 Å². The fraction of sp³-hybridized carbons (Fsp3) is 0.467. The largest absolute Gasteiger partial charge is 0.348 e. The van der Waals surface area contributed by atoms with Crippen LogP contribution in [0.3, 0.4) is 0 Å². The summed E-state index contributed by atoms with van der Waals surface area (Å²) in [4.78, 5) is 18.9. The number of rotatable bonds is 5. The highest BCUT2D eigenvalue weighted by Crippen LogP contribution is 2.14. The molecule has 1 atom stereocenters. The van der Waals surface area contributed by atoms with Crippen molar-refractivity contribution in [3.05, 3.63) is 35.8 Å². The van der Waals surface area contributed by atoms with Crippen LogP contribution in [0, 0.1) is 0 Å². The predicted octanol–water partition coefficient (Wildman–Crippen LogP) is 1.92. The summed E-state index contributed by atoms with van der Waals surface area (Å²) in [6, 6.07) is 5.95. The highest BCUT2D eigenvalue weighted by Gasteiger charge is 2.19. The Hall–Kier alpha value is -1.88. The van der Waals surface area contributed by atoms with E-state index in [2.05, 4.69) is 17.2 Å². The maximum absolute atomic E-state index is 12.4. The summed E-state index contributed by atoms with van der Waals surface area (Å²) in [5.74, 6) is -0.0973. The van der Waals surface area contributed by atoms with Gasteiger partial charge >= 0.3 is 0 Å².